The topological polar surface area (TPSA) is 122 Å². The van der Waals surface area contributed by atoms with E-state index in [0.717, 1.165) is 18.4 Å². The summed E-state index contributed by atoms with van der Waals surface area (Å²) >= 11 is 0. The zero-order valence-corrected chi connectivity index (χ0v) is 35.6. The molecule has 0 unspecified atom stereocenters. The fraction of sp³-hybridized carbons (Fsp3) is 0.457. The number of alkyl carbamates (subject to hydrolysis) is 1. The molecular formula is C46H46F7N7O5. The van der Waals surface area contributed by atoms with Crippen LogP contribution in [0.25, 0.3) is 32.9 Å². The number of hydrogen-bond acceptors (Lipinski definition) is 10. The van der Waals surface area contributed by atoms with Crippen LogP contribution in [0, 0.1) is 11.6 Å². The number of halogens is 7. The van der Waals surface area contributed by atoms with Gasteiger partial charge < -0.3 is 29.3 Å². The predicted octanol–water partition coefficient (Wildman–Crippen LogP) is 8.83. The quantitative estimate of drug-likeness (QED) is 0.159. The molecule has 19 heteroatoms. The lowest BCUT2D eigenvalue weighted by Gasteiger charge is -2.42. The number of carbonyl (C=O) groups excluding carboxylic acids is 2. The highest BCUT2D eigenvalue weighted by atomic mass is 19.4. The third-order valence-electron chi connectivity index (χ3n) is 13.0. The summed E-state index contributed by atoms with van der Waals surface area (Å²) in [7, 11) is 1.16. The van der Waals surface area contributed by atoms with Gasteiger partial charge in [-0.25, -0.2) is 27.2 Å². The van der Waals surface area contributed by atoms with Crippen LogP contribution in [0.1, 0.15) is 56.1 Å². The first-order valence-electron chi connectivity index (χ1n) is 21.5. The van der Waals surface area contributed by atoms with Gasteiger partial charge in [-0.15, -0.1) is 0 Å². The molecule has 3 fully saturated rings. The Kier molecular flexibility index (Phi) is 11.6. The van der Waals surface area contributed by atoms with E-state index in [4.69, 9.17) is 14.2 Å². The number of aromatic nitrogens is 3. The number of amides is 2. The molecule has 6 bridgehead atoms. The molecule has 5 aromatic rings. The third-order valence-corrected chi connectivity index (χ3v) is 13.0. The van der Waals surface area contributed by atoms with E-state index in [1.807, 2.05) is 4.90 Å². The Morgan fingerprint density at radius 3 is 2.62 bits per heavy atom. The number of fused-ring (bicyclic) bond motifs is 7. The van der Waals surface area contributed by atoms with Gasteiger partial charge in [0.15, 0.2) is 5.82 Å². The van der Waals surface area contributed by atoms with Crippen molar-refractivity contribution in [3.63, 3.8) is 0 Å². The van der Waals surface area contributed by atoms with Gasteiger partial charge in [0.1, 0.15) is 47.5 Å². The maximum absolute atomic E-state index is 17.6. The number of benzene rings is 3. The van der Waals surface area contributed by atoms with Gasteiger partial charge in [-0.1, -0.05) is 36.4 Å². The van der Waals surface area contributed by atoms with Crippen LogP contribution < -0.4 is 19.7 Å². The highest BCUT2D eigenvalue weighted by Crippen LogP contribution is 2.43. The van der Waals surface area contributed by atoms with E-state index >= 15 is 13.2 Å². The zero-order chi connectivity index (χ0) is 45.8. The number of pyridine rings is 1. The highest BCUT2D eigenvalue weighted by molar-refractivity contribution is 6.02. The Morgan fingerprint density at radius 2 is 1.83 bits per heavy atom. The molecule has 2 aromatic heterocycles. The second-order valence-electron chi connectivity index (χ2n) is 17.8. The minimum Gasteiger partial charge on any atom is -0.461 e. The lowest BCUT2D eigenvalue weighted by Crippen LogP contribution is -2.60. The van der Waals surface area contributed by atoms with E-state index in [0.29, 0.717) is 13.0 Å². The molecule has 0 saturated carbocycles. The van der Waals surface area contributed by atoms with Crippen LogP contribution in [-0.2, 0) is 11.2 Å². The van der Waals surface area contributed by atoms with Gasteiger partial charge in [-0.2, -0.15) is 23.1 Å². The van der Waals surface area contributed by atoms with Crippen LogP contribution in [0.3, 0.4) is 0 Å². The maximum Gasteiger partial charge on any atom is 0.414 e. The van der Waals surface area contributed by atoms with E-state index in [1.165, 1.54) is 59.6 Å². The number of aryl methyl sites for hydroxylation is 1. The lowest BCUT2D eigenvalue weighted by atomic mass is 9.90. The Balaban J connectivity index is 1.17. The van der Waals surface area contributed by atoms with Crippen LogP contribution in [0.5, 0.6) is 11.8 Å². The number of ether oxygens (including phenoxy) is 3. The highest BCUT2D eigenvalue weighted by Gasteiger charge is 2.50. The van der Waals surface area contributed by atoms with Crippen molar-refractivity contribution >= 4 is 39.7 Å². The molecule has 3 saturated heterocycles. The van der Waals surface area contributed by atoms with Gasteiger partial charge in [0.25, 0.3) is 0 Å². The van der Waals surface area contributed by atoms with Crippen LogP contribution in [0.15, 0.2) is 60.8 Å². The van der Waals surface area contributed by atoms with Crippen molar-refractivity contribution in [1.82, 2.24) is 30.1 Å². The molecule has 65 heavy (non-hydrogen) atoms. The van der Waals surface area contributed by atoms with Crippen molar-refractivity contribution in [1.29, 1.82) is 0 Å². The van der Waals surface area contributed by atoms with Gasteiger partial charge in [0, 0.05) is 51.3 Å². The predicted molar refractivity (Wildman–Crippen MR) is 226 cm³/mol. The van der Waals surface area contributed by atoms with Gasteiger partial charge >= 0.3 is 24.4 Å². The van der Waals surface area contributed by atoms with Crippen molar-refractivity contribution in [2.24, 2.45) is 0 Å². The van der Waals surface area contributed by atoms with E-state index in [9.17, 15) is 27.2 Å². The molecule has 5 aliphatic heterocycles. The summed E-state index contributed by atoms with van der Waals surface area (Å²) in [5.41, 5.74) is -2.52. The van der Waals surface area contributed by atoms with Crippen LogP contribution in [0.2, 0.25) is 0 Å². The number of carbonyl (C=O) groups is 2. The fourth-order valence-electron chi connectivity index (χ4n) is 10.0. The van der Waals surface area contributed by atoms with Crippen molar-refractivity contribution in [2.45, 2.75) is 81.0 Å². The number of piperidine rings is 1. The number of rotatable bonds is 7. The summed E-state index contributed by atoms with van der Waals surface area (Å²) in [5, 5.41) is 3.24. The molecule has 344 valence electrons. The number of alkyl halides is 5. The number of likely N-dealkylation sites (N-methyl/N-ethyl adjacent to an activating group) is 1. The summed E-state index contributed by atoms with van der Waals surface area (Å²) in [6.45, 7) is 1.40. The standard InChI is InChI=1S/C46H46F7N7O5/c1-44-18-28(47)21-59(24-44)40-33-20-54-38(37(50)39(33)55-41(56-40)64-25-45-13-7-14-60(45)22-29(48)19-45)32-17-30(16-27-11-12-35(49)31(36(27)32)10-6-15-63-42(61)57-44)65-43(62)58(2)23-34(46(51,52)53)26-8-4-3-5-9-26/h3-5,8-9,11-12,16-17,20,28-29,34H,6-7,10,13-15,18-19,21-25H2,1-2H3,(H,57,61)/t28-,29-,34+,44-,45+/m1/s1. The number of hydrogen-bond donors (Lipinski definition) is 1. The molecule has 7 heterocycles. The zero-order valence-electron chi connectivity index (χ0n) is 35.6. The molecule has 12 nitrogen and oxygen atoms in total. The molecule has 2 amide bonds. The van der Waals surface area contributed by atoms with E-state index in [2.05, 4.69) is 20.3 Å². The lowest BCUT2D eigenvalue weighted by molar-refractivity contribution is -0.152. The summed E-state index contributed by atoms with van der Waals surface area (Å²) < 4.78 is 124. The molecule has 5 aliphatic rings. The largest absolute Gasteiger partial charge is 0.461 e. The molecule has 10 rings (SSSR count). The second kappa shape index (κ2) is 17.1. The molecule has 5 atom stereocenters. The Hall–Kier alpha value is -5.98. The summed E-state index contributed by atoms with van der Waals surface area (Å²) in [5.74, 6) is -3.92. The first-order valence-corrected chi connectivity index (χ1v) is 21.5. The second-order valence-corrected chi connectivity index (χ2v) is 17.8. The number of nitrogens with one attached hydrogen (secondary N) is 1. The number of nitrogens with zero attached hydrogens (tertiary/aromatic N) is 6. The minimum atomic E-state index is -4.71. The van der Waals surface area contributed by atoms with E-state index < -0.39 is 65.9 Å². The molecular weight excluding hydrogens is 864 g/mol. The smallest absolute Gasteiger partial charge is 0.414 e. The molecule has 1 N–H and O–H groups in total. The van der Waals surface area contributed by atoms with Gasteiger partial charge in [-0.3, -0.25) is 9.88 Å². The average molecular weight is 910 g/mol. The van der Waals surface area contributed by atoms with E-state index in [1.54, 1.807) is 13.0 Å². The Labute approximate surface area is 369 Å². The van der Waals surface area contributed by atoms with Crippen molar-refractivity contribution in [2.75, 3.05) is 57.9 Å². The minimum absolute atomic E-state index is 0.00684. The van der Waals surface area contributed by atoms with Crippen LogP contribution in [0.4, 0.5) is 46.1 Å². The van der Waals surface area contributed by atoms with Gasteiger partial charge in [0.05, 0.1) is 35.5 Å². The summed E-state index contributed by atoms with van der Waals surface area (Å²) in [6.07, 6.45) is -6.26. The van der Waals surface area contributed by atoms with Gasteiger partial charge in [-0.05, 0) is 79.3 Å². The Bertz CT molecular complexity index is 2640. The van der Waals surface area contributed by atoms with Crippen molar-refractivity contribution in [3.05, 3.63) is 83.6 Å². The molecule has 0 radical (unpaired) electrons. The maximum atomic E-state index is 17.6. The van der Waals surface area contributed by atoms with Crippen LogP contribution in [-0.4, -0.2) is 120 Å². The van der Waals surface area contributed by atoms with Gasteiger partial charge in [0.2, 0.25) is 0 Å². The SMILES string of the molecule is CN(C[C@@H](c1ccccc1)C(F)(F)F)C(=O)Oc1cc2c3c(c(F)ccc3c1)CCCOC(=O)N[C@]1(C)C[C@@H](F)CN(C1)c1nc(OC[C@@]34CCCN3C[C@H](F)C4)nc3c(F)c-2ncc13. The Morgan fingerprint density at radius 1 is 1.05 bits per heavy atom. The normalized spacial score (nSPS) is 24.1. The number of anilines is 1. The average Bonchev–Trinajstić information content (AvgIpc) is 3.78. The first kappa shape index (κ1) is 44.2. The van der Waals surface area contributed by atoms with Crippen LogP contribution >= 0.6 is 0 Å². The van der Waals surface area contributed by atoms with E-state index in [-0.39, 0.29) is 120 Å². The fourth-order valence-corrected chi connectivity index (χ4v) is 10.0. The monoisotopic (exact) mass is 909 g/mol. The summed E-state index contributed by atoms with van der Waals surface area (Å²) in [6, 6.07) is 12.0. The molecule has 0 spiro atoms. The third kappa shape index (κ3) is 8.78. The van der Waals surface area contributed by atoms with Crippen molar-refractivity contribution < 1.29 is 54.5 Å². The first-order chi connectivity index (χ1) is 31.0. The molecule has 3 aromatic carbocycles. The molecule has 0 aliphatic carbocycles. The summed E-state index contributed by atoms with van der Waals surface area (Å²) in [4.78, 5) is 44.8. The van der Waals surface area contributed by atoms with Crippen molar-refractivity contribution in [3.8, 4) is 23.0 Å².